The molecule has 0 spiro atoms. The number of aliphatic imine (C=N–C) groups is 2. The van der Waals surface area contributed by atoms with E-state index in [1.54, 1.807) is 18.2 Å². The Kier molecular flexibility index (Phi) is 6.08. The van der Waals surface area contributed by atoms with E-state index in [2.05, 4.69) is 25.7 Å². The number of nitrogens with two attached hydrogens (primary N) is 2. The van der Waals surface area contributed by atoms with Gasteiger partial charge in [-0.15, -0.1) is 0 Å². The molecule has 0 saturated carbocycles. The molecule has 1 aromatic rings. The summed E-state index contributed by atoms with van der Waals surface area (Å²) in [5, 5.41) is 4.51. The maximum atomic E-state index is 6.43. The summed E-state index contributed by atoms with van der Waals surface area (Å²) in [6.45, 7) is 5.28. The Bertz CT molecular complexity index is 952. The fourth-order valence-corrected chi connectivity index (χ4v) is 4.11. The minimum Gasteiger partial charge on any atom is -0.394 e. The predicted molar refractivity (Wildman–Crippen MR) is 120 cm³/mol. The van der Waals surface area contributed by atoms with Gasteiger partial charge in [0.05, 0.1) is 24.0 Å². The van der Waals surface area contributed by atoms with Crippen LogP contribution in [0.4, 0.5) is 0 Å². The van der Waals surface area contributed by atoms with Gasteiger partial charge in [0.15, 0.2) is 0 Å². The van der Waals surface area contributed by atoms with Gasteiger partial charge in [-0.1, -0.05) is 23.2 Å². The minimum atomic E-state index is -0.0814. The average Bonchev–Trinajstić information content (AvgIpc) is 3.16. The largest absolute Gasteiger partial charge is 0.394 e. The van der Waals surface area contributed by atoms with Crippen LogP contribution >= 0.6 is 23.2 Å². The lowest BCUT2D eigenvalue weighted by Crippen LogP contribution is -2.43. The number of hydrogen-bond donors (Lipinski definition) is 4. The first kappa shape index (κ1) is 20.8. The second-order valence-corrected chi connectivity index (χ2v) is 8.43. The van der Waals surface area contributed by atoms with Gasteiger partial charge in [-0.2, -0.15) is 4.99 Å². The normalized spacial score (nSPS) is 23.3. The van der Waals surface area contributed by atoms with E-state index in [9.17, 15) is 0 Å². The van der Waals surface area contributed by atoms with Gasteiger partial charge < -0.3 is 26.5 Å². The van der Waals surface area contributed by atoms with E-state index in [1.165, 1.54) is 0 Å². The van der Waals surface area contributed by atoms with Gasteiger partial charge in [-0.05, 0) is 55.8 Å². The van der Waals surface area contributed by atoms with Crippen molar-refractivity contribution in [2.75, 3.05) is 26.2 Å². The van der Waals surface area contributed by atoms with Gasteiger partial charge in [0.2, 0.25) is 0 Å². The molecule has 0 amide bonds. The Morgan fingerprint density at radius 3 is 2.93 bits per heavy atom. The van der Waals surface area contributed by atoms with Crippen LogP contribution in [-0.4, -0.2) is 42.8 Å². The number of rotatable bonds is 5. The van der Waals surface area contributed by atoms with Crippen LogP contribution in [0.3, 0.4) is 0 Å². The molecule has 1 fully saturated rings. The van der Waals surface area contributed by atoms with Gasteiger partial charge in [-0.25, -0.2) is 5.48 Å². The van der Waals surface area contributed by atoms with Crippen molar-refractivity contribution in [3.8, 4) is 0 Å². The number of nitrogens with zero attached hydrogens (tertiary/aromatic N) is 3. The van der Waals surface area contributed by atoms with E-state index >= 15 is 0 Å². The van der Waals surface area contributed by atoms with E-state index in [1.807, 2.05) is 13.0 Å². The SMILES string of the molecule is C[C@H](c1cc(Cl)ccc1Cl)N1CCN=C(N)C1=CC(N)=C1N=C(CC2CNC2)NO1. The zero-order valence-electron chi connectivity index (χ0n) is 16.7. The second kappa shape index (κ2) is 8.75. The van der Waals surface area contributed by atoms with Gasteiger partial charge in [-0.3, -0.25) is 4.99 Å². The van der Waals surface area contributed by atoms with Crippen LogP contribution in [0.5, 0.6) is 0 Å². The van der Waals surface area contributed by atoms with Crippen LogP contribution in [0.25, 0.3) is 0 Å². The third kappa shape index (κ3) is 4.35. The molecule has 10 heteroatoms. The Balaban J connectivity index is 1.61. The summed E-state index contributed by atoms with van der Waals surface area (Å²) in [5.41, 5.74) is 17.4. The van der Waals surface area contributed by atoms with Crippen LogP contribution in [-0.2, 0) is 4.84 Å². The Morgan fingerprint density at radius 2 is 2.20 bits per heavy atom. The van der Waals surface area contributed by atoms with Crippen LogP contribution < -0.4 is 22.3 Å². The molecule has 3 heterocycles. The van der Waals surface area contributed by atoms with Crippen LogP contribution in [0.15, 0.2) is 51.5 Å². The summed E-state index contributed by atoms with van der Waals surface area (Å²) in [5.74, 6) is 2.08. The molecule has 6 N–H and O–H groups in total. The fourth-order valence-electron chi connectivity index (χ4n) is 3.65. The predicted octanol–water partition coefficient (Wildman–Crippen LogP) is 2.28. The lowest BCUT2D eigenvalue weighted by Gasteiger charge is -2.36. The van der Waals surface area contributed by atoms with Crippen molar-refractivity contribution >= 4 is 34.9 Å². The number of amidine groups is 2. The number of nitrogens with one attached hydrogen (secondary N) is 2. The average molecular weight is 450 g/mol. The molecule has 1 atom stereocenters. The van der Waals surface area contributed by atoms with Crippen LogP contribution in [0, 0.1) is 5.92 Å². The van der Waals surface area contributed by atoms with Crippen LogP contribution in [0.2, 0.25) is 10.0 Å². The molecule has 1 aromatic carbocycles. The smallest absolute Gasteiger partial charge is 0.270 e. The standard InChI is InChI=1S/C20H25Cl2N7O/c1-11(14-7-13(21)2-3-15(14)22)29-5-4-26-19(24)17(29)8-16(23)20-27-18(28-30-20)6-12-9-25-10-12/h2-3,7-8,11-12,25H,4-6,9-10,23H2,1H3,(H2,24,26)(H,27,28)/t11-/m1/s1. The zero-order chi connectivity index (χ0) is 21.3. The van der Waals surface area contributed by atoms with Gasteiger partial charge in [0.25, 0.3) is 5.88 Å². The number of hydroxylamine groups is 1. The number of allylic oxidation sites excluding steroid dienone is 1. The highest BCUT2D eigenvalue weighted by Gasteiger charge is 2.27. The molecule has 3 aliphatic heterocycles. The van der Waals surface area contributed by atoms with Crippen molar-refractivity contribution in [1.82, 2.24) is 15.7 Å². The maximum absolute atomic E-state index is 6.43. The summed E-state index contributed by atoms with van der Waals surface area (Å²) < 4.78 is 0. The molecule has 0 bridgehead atoms. The zero-order valence-corrected chi connectivity index (χ0v) is 18.2. The molecule has 0 aromatic heterocycles. The van der Waals surface area contributed by atoms with Crippen LogP contribution in [0.1, 0.15) is 24.9 Å². The molecule has 30 heavy (non-hydrogen) atoms. The topological polar surface area (TPSA) is 113 Å². The first-order valence-corrected chi connectivity index (χ1v) is 10.6. The molecular formula is C20H25Cl2N7O. The van der Waals surface area contributed by atoms with Crippen molar-refractivity contribution < 1.29 is 4.84 Å². The summed E-state index contributed by atoms with van der Waals surface area (Å²) in [4.78, 5) is 16.5. The lowest BCUT2D eigenvalue weighted by molar-refractivity contribution is 0.172. The highest BCUT2D eigenvalue weighted by Crippen LogP contribution is 2.33. The van der Waals surface area contributed by atoms with Gasteiger partial charge >= 0.3 is 0 Å². The Morgan fingerprint density at radius 1 is 1.40 bits per heavy atom. The maximum Gasteiger partial charge on any atom is 0.270 e. The van der Waals surface area contributed by atoms with Gasteiger partial charge in [0.1, 0.15) is 11.7 Å². The fraction of sp³-hybridized carbons (Fsp3) is 0.400. The molecule has 1 saturated heterocycles. The highest BCUT2D eigenvalue weighted by molar-refractivity contribution is 6.33. The summed E-state index contributed by atoms with van der Waals surface area (Å²) in [6.07, 6.45) is 2.57. The van der Waals surface area contributed by atoms with Crippen molar-refractivity contribution in [3.05, 3.63) is 57.2 Å². The molecule has 8 nitrogen and oxygen atoms in total. The van der Waals surface area contributed by atoms with E-state index < -0.39 is 0 Å². The van der Waals surface area contributed by atoms with Crippen molar-refractivity contribution in [2.45, 2.75) is 19.4 Å². The number of hydrogen-bond acceptors (Lipinski definition) is 8. The first-order chi connectivity index (χ1) is 14.4. The highest BCUT2D eigenvalue weighted by atomic mass is 35.5. The second-order valence-electron chi connectivity index (χ2n) is 7.58. The molecule has 3 aliphatic rings. The van der Waals surface area contributed by atoms with E-state index in [4.69, 9.17) is 39.5 Å². The van der Waals surface area contributed by atoms with Crippen molar-refractivity contribution in [2.24, 2.45) is 27.4 Å². The minimum absolute atomic E-state index is 0.0814. The molecule has 4 rings (SSSR count). The van der Waals surface area contributed by atoms with Crippen molar-refractivity contribution in [3.63, 3.8) is 0 Å². The molecule has 0 aliphatic carbocycles. The van der Waals surface area contributed by atoms with Crippen molar-refractivity contribution in [1.29, 1.82) is 0 Å². The lowest BCUT2D eigenvalue weighted by atomic mass is 9.99. The quantitative estimate of drug-likeness (QED) is 0.548. The molecule has 0 radical (unpaired) electrons. The summed E-state index contributed by atoms with van der Waals surface area (Å²) in [7, 11) is 0. The summed E-state index contributed by atoms with van der Waals surface area (Å²) >= 11 is 12.6. The first-order valence-electron chi connectivity index (χ1n) is 9.87. The van der Waals surface area contributed by atoms with Gasteiger partial charge in [0, 0.05) is 23.0 Å². The molecule has 160 valence electrons. The molecule has 0 unspecified atom stereocenters. The van der Waals surface area contributed by atoms with E-state index in [-0.39, 0.29) is 6.04 Å². The summed E-state index contributed by atoms with van der Waals surface area (Å²) in [6, 6.07) is 5.35. The Labute approximate surface area is 185 Å². The molecular weight excluding hydrogens is 425 g/mol. The van der Waals surface area contributed by atoms with E-state index in [0.29, 0.717) is 52.2 Å². The van der Waals surface area contributed by atoms with E-state index in [0.717, 1.165) is 30.9 Å². The third-order valence-electron chi connectivity index (χ3n) is 5.46. The third-order valence-corrected chi connectivity index (χ3v) is 6.04. The number of benzene rings is 1. The Hall–Kier alpha value is -2.42. The number of halogens is 2. The monoisotopic (exact) mass is 449 g/mol.